The molecule has 28 heavy (non-hydrogen) atoms. The molecule has 142 valence electrons. The molecule has 2 aromatic heterocycles. The van der Waals surface area contributed by atoms with Gasteiger partial charge >= 0.3 is 0 Å². The summed E-state index contributed by atoms with van der Waals surface area (Å²) in [6.45, 7) is 0. The number of rotatable bonds is 5. The molecule has 0 aliphatic rings. The monoisotopic (exact) mass is 384 g/mol. The van der Waals surface area contributed by atoms with E-state index < -0.39 is 22.1 Å². The molecule has 4 aromatic rings. The Balaban J connectivity index is 1.66. The number of nitrogens with one attached hydrogen (secondary N) is 2. The maximum absolute atomic E-state index is 10.9. The van der Waals surface area contributed by atoms with Crippen LogP contribution in [0.2, 0.25) is 0 Å². The number of H-pyrrole nitrogens is 2. The highest BCUT2D eigenvalue weighted by Crippen LogP contribution is 2.30. The number of non-ortho nitro benzene ring substituents is 2. The molecule has 0 aliphatic carbocycles. The zero-order valence-electron chi connectivity index (χ0n) is 13.9. The largest absolute Gasteiger partial charge is 0.382 e. The molecule has 4 rings (SSSR count). The Kier molecular flexibility index (Phi) is 3.98. The van der Waals surface area contributed by atoms with Crippen molar-refractivity contribution in [2.24, 2.45) is 0 Å². The van der Waals surface area contributed by atoms with E-state index >= 15 is 0 Å². The van der Waals surface area contributed by atoms with Gasteiger partial charge < -0.3 is 20.2 Å². The van der Waals surface area contributed by atoms with Crippen molar-refractivity contribution in [1.29, 1.82) is 0 Å². The number of nitro benzene ring substituents is 2. The van der Waals surface area contributed by atoms with Gasteiger partial charge in [-0.15, -0.1) is 0 Å². The molecule has 12 nitrogen and oxygen atoms in total. The van der Waals surface area contributed by atoms with Gasteiger partial charge in [-0.05, 0) is 12.1 Å². The van der Waals surface area contributed by atoms with Crippen molar-refractivity contribution in [1.82, 2.24) is 19.9 Å². The molecule has 0 fully saturated rings. The van der Waals surface area contributed by atoms with E-state index in [1.165, 1.54) is 36.4 Å². The van der Waals surface area contributed by atoms with E-state index in [9.17, 15) is 30.4 Å². The van der Waals surface area contributed by atoms with Gasteiger partial charge in [0.1, 0.15) is 23.9 Å². The fraction of sp³-hybridized carbons (Fsp3) is 0.125. The summed E-state index contributed by atoms with van der Waals surface area (Å²) in [6.07, 6.45) is -3.02. The van der Waals surface area contributed by atoms with Crippen molar-refractivity contribution in [2.45, 2.75) is 12.2 Å². The number of aromatic amines is 2. The van der Waals surface area contributed by atoms with E-state index in [0.29, 0.717) is 22.1 Å². The zero-order valence-corrected chi connectivity index (χ0v) is 13.9. The van der Waals surface area contributed by atoms with Crippen LogP contribution in [0, 0.1) is 20.2 Å². The third-order valence-electron chi connectivity index (χ3n) is 4.25. The second-order valence-electron chi connectivity index (χ2n) is 6.05. The van der Waals surface area contributed by atoms with Gasteiger partial charge in [-0.25, -0.2) is 9.97 Å². The average Bonchev–Trinajstić information content (AvgIpc) is 3.29. The Bertz CT molecular complexity index is 1140. The molecule has 4 N–H and O–H groups in total. The summed E-state index contributed by atoms with van der Waals surface area (Å²) in [5, 5.41) is 42.6. The number of nitrogens with zero attached hydrogens (tertiary/aromatic N) is 4. The van der Waals surface area contributed by atoms with Crippen LogP contribution in [-0.4, -0.2) is 40.0 Å². The van der Waals surface area contributed by atoms with Gasteiger partial charge in [-0.1, -0.05) is 0 Å². The van der Waals surface area contributed by atoms with Crippen LogP contribution in [0.4, 0.5) is 11.4 Å². The number of nitro groups is 2. The van der Waals surface area contributed by atoms with Crippen LogP contribution < -0.4 is 0 Å². The van der Waals surface area contributed by atoms with E-state index in [2.05, 4.69) is 19.9 Å². The van der Waals surface area contributed by atoms with Gasteiger partial charge in [-0.3, -0.25) is 20.2 Å². The Morgan fingerprint density at radius 2 is 1.18 bits per heavy atom. The minimum absolute atomic E-state index is 0.00515. The minimum atomic E-state index is -1.51. The van der Waals surface area contributed by atoms with Crippen LogP contribution in [0.1, 0.15) is 23.9 Å². The van der Waals surface area contributed by atoms with Crippen molar-refractivity contribution in [3.63, 3.8) is 0 Å². The van der Waals surface area contributed by atoms with Gasteiger partial charge in [0.05, 0.1) is 31.9 Å². The number of imidazole rings is 2. The van der Waals surface area contributed by atoms with Gasteiger partial charge in [0.25, 0.3) is 11.4 Å². The normalized spacial score (nSPS) is 13.6. The molecule has 0 amide bonds. The lowest BCUT2D eigenvalue weighted by Gasteiger charge is -2.13. The number of aliphatic hydroxyl groups excluding tert-OH is 2. The van der Waals surface area contributed by atoms with E-state index in [1.54, 1.807) is 0 Å². The summed E-state index contributed by atoms with van der Waals surface area (Å²) in [7, 11) is 0. The highest BCUT2D eigenvalue weighted by molar-refractivity contribution is 5.78. The summed E-state index contributed by atoms with van der Waals surface area (Å²) < 4.78 is 0. The van der Waals surface area contributed by atoms with Crippen molar-refractivity contribution in [2.75, 3.05) is 0 Å². The average molecular weight is 384 g/mol. The minimum Gasteiger partial charge on any atom is -0.382 e. The number of aromatic nitrogens is 4. The first-order chi connectivity index (χ1) is 13.3. The predicted molar refractivity (Wildman–Crippen MR) is 95.4 cm³/mol. The summed E-state index contributed by atoms with van der Waals surface area (Å²) in [5.74, 6) is -0.0103. The molecule has 2 heterocycles. The van der Waals surface area contributed by atoms with Crippen molar-refractivity contribution in [3.05, 3.63) is 68.3 Å². The zero-order chi connectivity index (χ0) is 20.0. The third-order valence-corrected chi connectivity index (χ3v) is 4.25. The summed E-state index contributed by atoms with van der Waals surface area (Å²) in [6, 6.07) is 7.94. The lowest BCUT2D eigenvalue weighted by Crippen LogP contribution is -2.13. The second-order valence-corrected chi connectivity index (χ2v) is 6.05. The van der Waals surface area contributed by atoms with Gasteiger partial charge in [-0.2, -0.15) is 0 Å². The van der Waals surface area contributed by atoms with Crippen LogP contribution in [0.3, 0.4) is 0 Å². The quantitative estimate of drug-likeness (QED) is 0.297. The van der Waals surface area contributed by atoms with E-state index in [0.717, 1.165) is 0 Å². The molecule has 0 saturated carbocycles. The number of fused-ring (bicyclic) bond motifs is 2. The van der Waals surface area contributed by atoms with Crippen LogP contribution in [-0.2, 0) is 0 Å². The lowest BCUT2D eigenvalue weighted by molar-refractivity contribution is -0.384. The molecule has 0 spiro atoms. The van der Waals surface area contributed by atoms with E-state index in [1.807, 2.05) is 0 Å². The molecule has 12 heteroatoms. The summed E-state index contributed by atoms with van der Waals surface area (Å²) >= 11 is 0. The maximum Gasteiger partial charge on any atom is 0.271 e. The van der Waals surface area contributed by atoms with Crippen LogP contribution in [0.5, 0.6) is 0 Å². The van der Waals surface area contributed by atoms with Crippen molar-refractivity contribution < 1.29 is 20.1 Å². The smallest absolute Gasteiger partial charge is 0.271 e. The molecule has 0 aliphatic heterocycles. The Morgan fingerprint density at radius 3 is 1.54 bits per heavy atom. The van der Waals surface area contributed by atoms with Gasteiger partial charge in [0.15, 0.2) is 0 Å². The van der Waals surface area contributed by atoms with Crippen LogP contribution in [0.15, 0.2) is 36.4 Å². The maximum atomic E-state index is 10.9. The highest BCUT2D eigenvalue weighted by atomic mass is 16.6. The first-order valence-electron chi connectivity index (χ1n) is 7.98. The highest BCUT2D eigenvalue weighted by Gasteiger charge is 2.27. The standard InChI is InChI=1S/C16H12N6O6/c23-13(15-17-9-3-1-7(21(25)26)5-11(9)19-15)14(24)16-18-10-4-2-8(22(27)28)6-12(10)20-16/h1-6,13-14,23-24H,(H,17,19)(H,18,20)/t13-,14-/m0/s1. The lowest BCUT2D eigenvalue weighted by atomic mass is 10.2. The van der Waals surface area contributed by atoms with Crippen molar-refractivity contribution >= 4 is 33.4 Å². The first-order valence-corrected chi connectivity index (χ1v) is 7.98. The predicted octanol–water partition coefficient (Wildman–Crippen LogP) is 2.02. The molecule has 2 atom stereocenters. The molecular formula is C16H12N6O6. The van der Waals surface area contributed by atoms with Gasteiger partial charge in [0.2, 0.25) is 0 Å². The van der Waals surface area contributed by atoms with Crippen molar-refractivity contribution in [3.8, 4) is 0 Å². The third kappa shape index (κ3) is 2.91. The molecular weight excluding hydrogens is 372 g/mol. The summed E-state index contributed by atoms with van der Waals surface area (Å²) in [4.78, 5) is 34.3. The molecule has 0 unspecified atom stereocenters. The number of hydrogen-bond donors (Lipinski definition) is 4. The fourth-order valence-corrected chi connectivity index (χ4v) is 2.84. The number of hydrogen-bond acceptors (Lipinski definition) is 8. The Labute approximate surface area is 154 Å². The molecule has 2 aromatic carbocycles. The molecule has 0 saturated heterocycles. The SMILES string of the molecule is O=[N+]([O-])c1ccc2nc([C@@H](O)[C@H](O)c3nc4ccc([N+](=O)[O-])cc4[nH]3)[nH]c2c1. The molecule has 0 bridgehead atoms. The fourth-order valence-electron chi connectivity index (χ4n) is 2.84. The van der Waals surface area contributed by atoms with E-state index in [-0.39, 0.29) is 23.0 Å². The second kappa shape index (κ2) is 6.37. The number of benzene rings is 2. The summed E-state index contributed by atoms with van der Waals surface area (Å²) in [5.41, 5.74) is 1.14. The number of aliphatic hydroxyl groups is 2. The Morgan fingerprint density at radius 1 is 0.786 bits per heavy atom. The van der Waals surface area contributed by atoms with Gasteiger partial charge in [0, 0.05) is 24.3 Å². The van der Waals surface area contributed by atoms with Crippen LogP contribution in [0.25, 0.3) is 22.1 Å². The molecule has 0 radical (unpaired) electrons. The Hall–Kier alpha value is -3.90. The topological polar surface area (TPSA) is 184 Å². The van der Waals surface area contributed by atoms with E-state index in [4.69, 9.17) is 0 Å². The first kappa shape index (κ1) is 17.5. The van der Waals surface area contributed by atoms with Crippen LogP contribution >= 0.6 is 0 Å².